The molecule has 0 aliphatic heterocycles. The van der Waals surface area contributed by atoms with Gasteiger partial charge in [-0.05, 0) is 36.4 Å². The summed E-state index contributed by atoms with van der Waals surface area (Å²) in [7, 11) is 2.98. The molecule has 7 heteroatoms. The number of anilines is 1. The van der Waals surface area contributed by atoms with E-state index in [4.69, 9.17) is 30.5 Å². The minimum atomic E-state index is -0.350. The van der Waals surface area contributed by atoms with E-state index in [1.807, 2.05) is 30.3 Å². The van der Waals surface area contributed by atoms with Crippen LogP contribution in [0.25, 0.3) is 0 Å². The summed E-state index contributed by atoms with van der Waals surface area (Å²) in [6, 6.07) is 19.6. The van der Waals surface area contributed by atoms with Gasteiger partial charge >= 0.3 is 0 Å². The van der Waals surface area contributed by atoms with Crippen LogP contribution in [0.1, 0.15) is 0 Å². The molecule has 0 saturated heterocycles. The van der Waals surface area contributed by atoms with Gasteiger partial charge in [-0.15, -0.1) is 0 Å². The summed E-state index contributed by atoms with van der Waals surface area (Å²) in [4.78, 5) is 12.3. The zero-order chi connectivity index (χ0) is 20.6. The van der Waals surface area contributed by atoms with Crippen molar-refractivity contribution in [1.29, 1.82) is 0 Å². The van der Waals surface area contributed by atoms with Gasteiger partial charge in [-0.3, -0.25) is 4.79 Å². The second-order valence-electron chi connectivity index (χ2n) is 5.91. The molecule has 29 heavy (non-hydrogen) atoms. The maximum atomic E-state index is 12.3. The Kier molecular flexibility index (Phi) is 6.81. The van der Waals surface area contributed by atoms with Crippen molar-refractivity contribution in [1.82, 2.24) is 0 Å². The Morgan fingerprint density at radius 2 is 1.48 bits per heavy atom. The van der Waals surface area contributed by atoms with Gasteiger partial charge in [0.2, 0.25) is 0 Å². The van der Waals surface area contributed by atoms with E-state index in [2.05, 4.69) is 5.32 Å². The van der Waals surface area contributed by atoms with E-state index >= 15 is 0 Å². The van der Waals surface area contributed by atoms with Crippen LogP contribution < -0.4 is 24.3 Å². The van der Waals surface area contributed by atoms with Crippen molar-refractivity contribution in [2.24, 2.45) is 0 Å². The molecule has 0 radical (unpaired) electrons. The lowest BCUT2D eigenvalue weighted by Crippen LogP contribution is -2.20. The van der Waals surface area contributed by atoms with Crippen LogP contribution in [0.3, 0.4) is 0 Å². The van der Waals surface area contributed by atoms with E-state index in [-0.39, 0.29) is 12.5 Å². The lowest BCUT2D eigenvalue weighted by Gasteiger charge is -2.13. The van der Waals surface area contributed by atoms with Gasteiger partial charge in [0.05, 0.1) is 24.9 Å². The van der Waals surface area contributed by atoms with Crippen molar-refractivity contribution >= 4 is 23.2 Å². The molecule has 1 amide bonds. The van der Waals surface area contributed by atoms with Crippen molar-refractivity contribution in [2.45, 2.75) is 0 Å². The summed E-state index contributed by atoms with van der Waals surface area (Å²) >= 11 is 6.07. The van der Waals surface area contributed by atoms with Crippen LogP contribution in [0.5, 0.6) is 28.7 Å². The summed E-state index contributed by atoms with van der Waals surface area (Å²) in [5.74, 6) is 2.46. The molecule has 0 heterocycles. The van der Waals surface area contributed by atoms with Crippen molar-refractivity contribution < 1.29 is 23.7 Å². The van der Waals surface area contributed by atoms with Crippen LogP contribution in [0.4, 0.5) is 5.69 Å². The first kappa shape index (κ1) is 20.4. The van der Waals surface area contributed by atoms with Gasteiger partial charge in [0.1, 0.15) is 28.7 Å². The molecule has 0 atom stereocenters. The molecule has 0 unspecified atom stereocenters. The van der Waals surface area contributed by atoms with E-state index in [0.717, 1.165) is 5.75 Å². The molecule has 150 valence electrons. The fourth-order valence-electron chi connectivity index (χ4n) is 2.52. The Hall–Kier alpha value is -3.38. The van der Waals surface area contributed by atoms with E-state index < -0.39 is 0 Å². The van der Waals surface area contributed by atoms with Gasteiger partial charge in [0.25, 0.3) is 5.91 Å². The van der Waals surface area contributed by atoms with Gasteiger partial charge in [-0.1, -0.05) is 29.8 Å². The fourth-order valence-corrected chi connectivity index (χ4v) is 2.75. The third kappa shape index (κ3) is 5.56. The van der Waals surface area contributed by atoms with Crippen LogP contribution in [0.15, 0.2) is 66.7 Å². The van der Waals surface area contributed by atoms with Crippen LogP contribution in [0.2, 0.25) is 5.02 Å². The monoisotopic (exact) mass is 413 g/mol. The van der Waals surface area contributed by atoms with E-state index in [1.54, 1.807) is 36.4 Å². The molecule has 0 spiro atoms. The van der Waals surface area contributed by atoms with Gasteiger partial charge in [-0.25, -0.2) is 0 Å². The molecule has 0 saturated carbocycles. The summed E-state index contributed by atoms with van der Waals surface area (Å²) in [6.07, 6.45) is 0. The zero-order valence-corrected chi connectivity index (χ0v) is 16.7. The van der Waals surface area contributed by atoms with E-state index in [0.29, 0.717) is 33.7 Å². The highest BCUT2D eigenvalue weighted by Gasteiger charge is 2.13. The molecule has 0 bridgehead atoms. The number of para-hydroxylation sites is 1. The fraction of sp³-hybridized carbons (Fsp3) is 0.136. The predicted molar refractivity (Wildman–Crippen MR) is 112 cm³/mol. The van der Waals surface area contributed by atoms with Gasteiger partial charge in [0, 0.05) is 12.1 Å². The number of amides is 1. The van der Waals surface area contributed by atoms with Crippen LogP contribution >= 0.6 is 11.6 Å². The third-order valence-corrected chi connectivity index (χ3v) is 4.22. The molecule has 0 aliphatic carbocycles. The lowest BCUT2D eigenvalue weighted by atomic mass is 10.2. The second kappa shape index (κ2) is 9.71. The van der Waals surface area contributed by atoms with Gasteiger partial charge in [-0.2, -0.15) is 0 Å². The number of hydrogen-bond acceptors (Lipinski definition) is 5. The van der Waals surface area contributed by atoms with Crippen LogP contribution in [-0.2, 0) is 4.79 Å². The average Bonchev–Trinajstić information content (AvgIpc) is 2.75. The van der Waals surface area contributed by atoms with Crippen molar-refractivity contribution in [3.05, 3.63) is 71.8 Å². The van der Waals surface area contributed by atoms with Crippen LogP contribution in [-0.4, -0.2) is 26.7 Å². The molecule has 3 aromatic carbocycles. The molecule has 0 fully saturated rings. The topological polar surface area (TPSA) is 66.0 Å². The Labute approximate surface area is 173 Å². The number of nitrogens with one attached hydrogen (secondary N) is 1. The largest absolute Gasteiger partial charge is 0.495 e. The Morgan fingerprint density at radius 3 is 2.14 bits per heavy atom. The molecule has 1 N–H and O–H groups in total. The number of carbonyl (C=O) groups is 1. The standard InChI is InChI=1S/C22H20ClNO5/c1-26-20-13-19(21(27-2)12-18(20)23)24-22(25)14-28-15-8-10-17(11-9-15)29-16-6-4-3-5-7-16/h3-13H,14H2,1-2H3,(H,24,25). The number of ether oxygens (including phenoxy) is 4. The van der Waals surface area contributed by atoms with Crippen molar-refractivity contribution in [2.75, 3.05) is 26.1 Å². The maximum absolute atomic E-state index is 12.3. The summed E-state index contributed by atoms with van der Waals surface area (Å²) in [5, 5.41) is 3.11. The Balaban J connectivity index is 1.57. The molecule has 0 aromatic heterocycles. The quantitative estimate of drug-likeness (QED) is 0.552. The van der Waals surface area contributed by atoms with Gasteiger partial charge < -0.3 is 24.3 Å². The predicted octanol–water partition coefficient (Wildman–Crippen LogP) is 5.17. The molecule has 6 nitrogen and oxygen atoms in total. The molecular formula is C22H20ClNO5. The van der Waals surface area contributed by atoms with Crippen molar-refractivity contribution in [3.8, 4) is 28.7 Å². The normalized spacial score (nSPS) is 10.2. The first-order valence-corrected chi connectivity index (χ1v) is 9.14. The van der Waals surface area contributed by atoms with Crippen LogP contribution in [0, 0.1) is 0 Å². The molecule has 0 aliphatic rings. The van der Waals surface area contributed by atoms with E-state index in [9.17, 15) is 4.79 Å². The van der Waals surface area contributed by atoms with Gasteiger partial charge in [0.15, 0.2) is 6.61 Å². The third-order valence-electron chi connectivity index (χ3n) is 3.92. The second-order valence-corrected chi connectivity index (χ2v) is 6.32. The van der Waals surface area contributed by atoms with Crippen molar-refractivity contribution in [3.63, 3.8) is 0 Å². The highest BCUT2D eigenvalue weighted by molar-refractivity contribution is 6.32. The molecule has 3 aromatic rings. The number of rotatable bonds is 8. The number of halogens is 1. The number of methoxy groups -OCH3 is 2. The summed E-state index contributed by atoms with van der Waals surface area (Å²) < 4.78 is 21.7. The molecular weight excluding hydrogens is 394 g/mol. The SMILES string of the molecule is COc1cc(NC(=O)COc2ccc(Oc3ccccc3)cc2)c(OC)cc1Cl. The highest BCUT2D eigenvalue weighted by atomic mass is 35.5. The van der Waals surface area contributed by atoms with E-state index in [1.165, 1.54) is 14.2 Å². The highest BCUT2D eigenvalue weighted by Crippen LogP contribution is 2.35. The smallest absolute Gasteiger partial charge is 0.262 e. The maximum Gasteiger partial charge on any atom is 0.262 e. The first-order valence-electron chi connectivity index (χ1n) is 8.76. The first-order chi connectivity index (χ1) is 14.1. The number of hydrogen-bond donors (Lipinski definition) is 1. The lowest BCUT2D eigenvalue weighted by molar-refractivity contribution is -0.118. The minimum absolute atomic E-state index is 0.174. The zero-order valence-electron chi connectivity index (χ0n) is 16.0. The molecule has 3 rings (SSSR count). The Bertz CT molecular complexity index is 961. The average molecular weight is 414 g/mol. The number of benzene rings is 3. The minimum Gasteiger partial charge on any atom is -0.495 e. The Morgan fingerprint density at radius 1 is 0.862 bits per heavy atom. The summed E-state index contributed by atoms with van der Waals surface area (Å²) in [5.41, 5.74) is 0.439. The number of carbonyl (C=O) groups excluding carboxylic acids is 1. The summed E-state index contributed by atoms with van der Waals surface area (Å²) in [6.45, 7) is -0.174.